The van der Waals surface area contributed by atoms with Gasteiger partial charge < -0.3 is 9.26 Å². The van der Waals surface area contributed by atoms with Crippen LogP contribution in [0.2, 0.25) is 0 Å². The molecule has 0 aliphatic heterocycles. The molecule has 0 unspecified atom stereocenters. The molecule has 0 saturated carbocycles. The molecule has 0 radical (unpaired) electrons. The Morgan fingerprint density at radius 1 is 1.53 bits per heavy atom. The van der Waals surface area contributed by atoms with E-state index in [1.807, 2.05) is 0 Å². The number of nitrogens with zero attached hydrogens (tertiary/aromatic N) is 1. The zero-order chi connectivity index (χ0) is 12.1. The Morgan fingerprint density at radius 2 is 2.41 bits per heavy atom. The van der Waals surface area contributed by atoms with Crippen molar-refractivity contribution in [1.29, 1.82) is 0 Å². The largest absolute Gasteiger partial charge is 0.462 e. The van der Waals surface area contributed by atoms with Crippen LogP contribution >= 0.6 is 0 Å². The van der Waals surface area contributed by atoms with Crippen LogP contribution in [-0.2, 0) is 4.74 Å². The summed E-state index contributed by atoms with van der Waals surface area (Å²) >= 11 is 0. The highest BCUT2D eigenvalue weighted by molar-refractivity contribution is 5.89. The van der Waals surface area contributed by atoms with E-state index in [4.69, 9.17) is 9.26 Å². The number of aromatic nitrogens is 1. The van der Waals surface area contributed by atoms with E-state index in [2.05, 4.69) is 11.2 Å². The molecule has 0 spiro atoms. The predicted octanol–water partition coefficient (Wildman–Crippen LogP) is 3.03. The van der Waals surface area contributed by atoms with Crippen LogP contribution in [0, 0.1) is 6.92 Å². The highest BCUT2D eigenvalue weighted by Crippen LogP contribution is 2.20. The van der Waals surface area contributed by atoms with Crippen LogP contribution < -0.4 is 0 Å². The first-order chi connectivity index (χ1) is 8.27. The third-order valence-corrected chi connectivity index (χ3v) is 3.01. The van der Waals surface area contributed by atoms with Gasteiger partial charge in [-0.3, -0.25) is 0 Å². The maximum atomic E-state index is 11.6. The minimum atomic E-state index is -0.347. The number of carbonyl (C=O) groups excluding carboxylic acids is 1. The third-order valence-electron chi connectivity index (χ3n) is 3.01. The fourth-order valence-electron chi connectivity index (χ4n) is 1.98. The topological polar surface area (TPSA) is 52.3 Å². The quantitative estimate of drug-likeness (QED) is 0.594. The number of rotatable bonds is 4. The van der Waals surface area contributed by atoms with Crippen molar-refractivity contribution in [2.45, 2.75) is 39.0 Å². The molecule has 1 aliphatic rings. The SMILES string of the molecule is Cc1oncc1C(=O)OCCC1=CCCCC1. The monoisotopic (exact) mass is 235 g/mol. The molecule has 1 heterocycles. The van der Waals surface area contributed by atoms with Gasteiger partial charge in [0.2, 0.25) is 0 Å². The highest BCUT2D eigenvalue weighted by atomic mass is 16.5. The molecular formula is C13H17NO3. The van der Waals surface area contributed by atoms with E-state index in [9.17, 15) is 4.79 Å². The average Bonchev–Trinajstić information content (AvgIpc) is 2.77. The lowest BCUT2D eigenvalue weighted by Gasteiger charge is -2.12. The molecule has 1 aliphatic carbocycles. The van der Waals surface area contributed by atoms with E-state index in [1.165, 1.54) is 24.6 Å². The molecule has 92 valence electrons. The van der Waals surface area contributed by atoms with E-state index < -0.39 is 0 Å². The summed E-state index contributed by atoms with van der Waals surface area (Å²) in [5.41, 5.74) is 1.83. The first-order valence-electron chi connectivity index (χ1n) is 6.03. The molecule has 1 aromatic rings. The van der Waals surface area contributed by atoms with E-state index in [-0.39, 0.29) is 5.97 Å². The second-order valence-corrected chi connectivity index (χ2v) is 4.29. The molecule has 17 heavy (non-hydrogen) atoms. The third kappa shape index (κ3) is 3.19. The Balaban J connectivity index is 1.77. The Hall–Kier alpha value is -1.58. The van der Waals surface area contributed by atoms with Gasteiger partial charge in [-0.15, -0.1) is 0 Å². The smallest absolute Gasteiger partial charge is 0.343 e. The van der Waals surface area contributed by atoms with Gasteiger partial charge in [0.15, 0.2) is 0 Å². The molecule has 0 N–H and O–H groups in total. The van der Waals surface area contributed by atoms with E-state index in [1.54, 1.807) is 6.92 Å². The lowest BCUT2D eigenvalue weighted by atomic mass is 9.98. The first-order valence-corrected chi connectivity index (χ1v) is 6.03. The second-order valence-electron chi connectivity index (χ2n) is 4.29. The van der Waals surface area contributed by atoms with Gasteiger partial charge in [0.05, 0.1) is 12.8 Å². The van der Waals surface area contributed by atoms with Gasteiger partial charge >= 0.3 is 5.97 Å². The fourth-order valence-corrected chi connectivity index (χ4v) is 1.98. The number of ether oxygens (including phenoxy) is 1. The first kappa shape index (κ1) is 11.9. The van der Waals surface area contributed by atoms with Gasteiger partial charge in [-0.05, 0) is 32.6 Å². The van der Waals surface area contributed by atoms with Gasteiger partial charge in [0.1, 0.15) is 11.3 Å². The summed E-state index contributed by atoms with van der Waals surface area (Å²) in [6.07, 6.45) is 9.35. The van der Waals surface area contributed by atoms with Gasteiger partial charge in [-0.25, -0.2) is 4.79 Å². The predicted molar refractivity (Wildman–Crippen MR) is 62.7 cm³/mol. The van der Waals surface area contributed by atoms with Crippen molar-refractivity contribution in [3.05, 3.63) is 29.2 Å². The summed E-state index contributed by atoms with van der Waals surface area (Å²) in [6.45, 7) is 2.14. The number of hydrogen-bond acceptors (Lipinski definition) is 4. The molecule has 0 bridgehead atoms. The number of esters is 1. The van der Waals surface area contributed by atoms with Gasteiger partial charge in [0, 0.05) is 6.42 Å². The zero-order valence-electron chi connectivity index (χ0n) is 10.1. The van der Waals surface area contributed by atoms with Crippen molar-refractivity contribution in [2.24, 2.45) is 0 Å². The Kier molecular flexibility index (Phi) is 3.96. The normalized spacial score (nSPS) is 15.5. The van der Waals surface area contributed by atoms with Crippen LogP contribution in [0.5, 0.6) is 0 Å². The van der Waals surface area contributed by atoms with E-state index in [0.717, 1.165) is 19.3 Å². The number of hydrogen-bond donors (Lipinski definition) is 0. The summed E-state index contributed by atoms with van der Waals surface area (Å²) in [7, 11) is 0. The number of carbonyl (C=O) groups is 1. The van der Waals surface area contributed by atoms with Crippen molar-refractivity contribution in [2.75, 3.05) is 6.61 Å². The van der Waals surface area contributed by atoms with Crippen LogP contribution in [0.3, 0.4) is 0 Å². The number of aryl methyl sites for hydroxylation is 1. The van der Waals surface area contributed by atoms with Crippen molar-refractivity contribution in [3.8, 4) is 0 Å². The van der Waals surface area contributed by atoms with Crippen molar-refractivity contribution < 1.29 is 14.1 Å². The van der Waals surface area contributed by atoms with Crippen LogP contribution in [0.4, 0.5) is 0 Å². The van der Waals surface area contributed by atoms with Crippen LogP contribution in [0.15, 0.2) is 22.4 Å². The zero-order valence-corrected chi connectivity index (χ0v) is 10.1. The molecule has 0 amide bonds. The maximum Gasteiger partial charge on any atom is 0.343 e. The van der Waals surface area contributed by atoms with Crippen molar-refractivity contribution in [1.82, 2.24) is 5.16 Å². The van der Waals surface area contributed by atoms with Crippen molar-refractivity contribution in [3.63, 3.8) is 0 Å². The minimum absolute atomic E-state index is 0.347. The molecule has 4 heteroatoms. The van der Waals surface area contributed by atoms with Crippen LogP contribution in [0.1, 0.15) is 48.2 Å². The summed E-state index contributed by atoms with van der Waals surface area (Å²) in [4.78, 5) is 11.6. The minimum Gasteiger partial charge on any atom is -0.462 e. The molecule has 0 atom stereocenters. The van der Waals surface area contributed by atoms with Gasteiger partial charge in [0.25, 0.3) is 0 Å². The lowest BCUT2D eigenvalue weighted by molar-refractivity contribution is 0.0506. The number of allylic oxidation sites excluding steroid dienone is 1. The molecule has 2 rings (SSSR count). The molecular weight excluding hydrogens is 218 g/mol. The van der Waals surface area contributed by atoms with Crippen molar-refractivity contribution >= 4 is 5.97 Å². The Morgan fingerprint density at radius 3 is 3.06 bits per heavy atom. The summed E-state index contributed by atoms with van der Waals surface area (Å²) in [5.74, 6) is 0.159. The van der Waals surface area contributed by atoms with Gasteiger partial charge in [-0.2, -0.15) is 0 Å². The van der Waals surface area contributed by atoms with E-state index >= 15 is 0 Å². The standard InChI is InChI=1S/C13H17NO3/c1-10-12(9-14-17-10)13(15)16-8-7-11-5-3-2-4-6-11/h5,9H,2-4,6-8H2,1H3. The van der Waals surface area contributed by atoms with Crippen LogP contribution in [0.25, 0.3) is 0 Å². The maximum absolute atomic E-state index is 11.6. The molecule has 4 nitrogen and oxygen atoms in total. The molecule has 0 saturated heterocycles. The molecule has 0 fully saturated rings. The highest BCUT2D eigenvalue weighted by Gasteiger charge is 2.14. The van der Waals surface area contributed by atoms with E-state index in [0.29, 0.717) is 17.9 Å². The fraction of sp³-hybridized carbons (Fsp3) is 0.538. The summed E-state index contributed by atoms with van der Waals surface area (Å²) in [5, 5.41) is 3.55. The summed E-state index contributed by atoms with van der Waals surface area (Å²) in [6, 6.07) is 0. The Labute approximate surface area is 101 Å². The van der Waals surface area contributed by atoms with Gasteiger partial charge in [-0.1, -0.05) is 16.8 Å². The Bertz CT molecular complexity index is 420. The average molecular weight is 235 g/mol. The second kappa shape index (κ2) is 5.66. The summed E-state index contributed by atoms with van der Waals surface area (Å²) < 4.78 is 10.0. The van der Waals surface area contributed by atoms with Crippen LogP contribution in [-0.4, -0.2) is 17.7 Å². The lowest BCUT2D eigenvalue weighted by Crippen LogP contribution is -2.08. The molecule has 1 aromatic heterocycles. The molecule has 0 aromatic carbocycles.